The van der Waals surface area contributed by atoms with E-state index in [-0.39, 0.29) is 24.8 Å². The number of nitrogens with one attached hydrogen (secondary N) is 2. The maximum Gasteiger partial charge on any atom is 0.244 e. The standard InChI is InChI=1S/C18H21N3O3/c1-2-6-15(12-18(23)20-21-24)19-17(22)11-14-9-5-8-13-7-3-4-10-16(13)14/h3-5,7-10,15H,2,6,11-12H2,1H3,(H,19,22)(H,20,23,24). The maximum absolute atomic E-state index is 12.4. The van der Waals surface area contributed by atoms with Gasteiger partial charge in [-0.1, -0.05) is 55.8 Å². The number of carbonyl (C=O) groups is 2. The smallest absolute Gasteiger partial charge is 0.244 e. The summed E-state index contributed by atoms with van der Waals surface area (Å²) in [4.78, 5) is 33.9. The Morgan fingerprint density at radius 3 is 2.58 bits per heavy atom. The van der Waals surface area contributed by atoms with Crippen molar-refractivity contribution in [3.63, 3.8) is 0 Å². The van der Waals surface area contributed by atoms with Crippen molar-refractivity contribution < 1.29 is 9.59 Å². The Balaban J connectivity index is 2.04. The Bertz CT molecular complexity index is 725. The number of hydrogen-bond donors (Lipinski definition) is 2. The van der Waals surface area contributed by atoms with Crippen LogP contribution in [0.2, 0.25) is 0 Å². The average molecular weight is 327 g/mol. The fourth-order valence-corrected chi connectivity index (χ4v) is 2.79. The highest BCUT2D eigenvalue weighted by molar-refractivity contribution is 5.90. The zero-order valence-electron chi connectivity index (χ0n) is 13.6. The Morgan fingerprint density at radius 2 is 1.83 bits per heavy atom. The lowest BCUT2D eigenvalue weighted by molar-refractivity contribution is -0.123. The highest BCUT2D eigenvalue weighted by Gasteiger charge is 2.16. The molecule has 2 N–H and O–H groups in total. The van der Waals surface area contributed by atoms with Gasteiger partial charge in [0.1, 0.15) is 0 Å². The third kappa shape index (κ3) is 4.87. The van der Waals surface area contributed by atoms with Gasteiger partial charge in [-0.05, 0) is 22.8 Å². The van der Waals surface area contributed by atoms with E-state index in [9.17, 15) is 14.5 Å². The first-order valence-electron chi connectivity index (χ1n) is 8.01. The summed E-state index contributed by atoms with van der Waals surface area (Å²) < 4.78 is 0. The molecule has 6 heteroatoms. The SMILES string of the molecule is CCCC(CC(=O)NN=O)NC(=O)Cc1cccc2ccccc12. The van der Waals surface area contributed by atoms with Crippen molar-refractivity contribution in [2.24, 2.45) is 5.29 Å². The van der Waals surface area contributed by atoms with Crippen LogP contribution in [0.15, 0.2) is 47.8 Å². The maximum atomic E-state index is 12.4. The van der Waals surface area contributed by atoms with Crippen LogP contribution in [-0.2, 0) is 16.0 Å². The minimum Gasteiger partial charge on any atom is -0.353 e. The van der Waals surface area contributed by atoms with E-state index < -0.39 is 5.91 Å². The monoisotopic (exact) mass is 327 g/mol. The number of hydrogen-bond acceptors (Lipinski definition) is 4. The molecule has 2 aromatic rings. The lowest BCUT2D eigenvalue weighted by Gasteiger charge is -2.17. The Morgan fingerprint density at radius 1 is 1.08 bits per heavy atom. The van der Waals surface area contributed by atoms with Crippen LogP contribution >= 0.6 is 0 Å². The molecule has 0 fully saturated rings. The normalized spacial score (nSPS) is 11.7. The molecule has 126 valence electrons. The van der Waals surface area contributed by atoms with Crippen LogP contribution in [0, 0.1) is 4.91 Å². The number of amides is 2. The molecular weight excluding hydrogens is 306 g/mol. The van der Waals surface area contributed by atoms with Gasteiger partial charge in [-0.3, -0.25) is 9.59 Å². The number of nitroso groups, excluding NO2 is 1. The molecule has 2 aromatic carbocycles. The summed E-state index contributed by atoms with van der Waals surface area (Å²) >= 11 is 0. The lowest BCUT2D eigenvalue weighted by atomic mass is 10.0. The predicted molar refractivity (Wildman–Crippen MR) is 93.0 cm³/mol. The Labute approximate surface area is 140 Å². The summed E-state index contributed by atoms with van der Waals surface area (Å²) in [6.07, 6.45) is 1.77. The van der Waals surface area contributed by atoms with Gasteiger partial charge in [0.2, 0.25) is 11.8 Å². The van der Waals surface area contributed by atoms with E-state index >= 15 is 0 Å². The molecule has 6 nitrogen and oxygen atoms in total. The van der Waals surface area contributed by atoms with E-state index in [0.29, 0.717) is 6.42 Å². The minimum absolute atomic E-state index is 0.0425. The van der Waals surface area contributed by atoms with E-state index in [1.54, 1.807) is 0 Å². The molecule has 0 aliphatic rings. The van der Waals surface area contributed by atoms with Gasteiger partial charge in [0.05, 0.1) is 11.7 Å². The van der Waals surface area contributed by atoms with Crippen molar-refractivity contribution in [1.29, 1.82) is 0 Å². The van der Waals surface area contributed by atoms with Crippen molar-refractivity contribution in [3.05, 3.63) is 52.9 Å². The summed E-state index contributed by atoms with van der Waals surface area (Å²) in [7, 11) is 0. The van der Waals surface area contributed by atoms with Crippen LogP contribution in [0.25, 0.3) is 10.8 Å². The molecule has 0 bridgehead atoms. The summed E-state index contributed by atoms with van der Waals surface area (Å²) in [6, 6.07) is 13.5. The number of benzene rings is 2. The molecule has 0 spiro atoms. The highest BCUT2D eigenvalue weighted by atomic mass is 16.3. The summed E-state index contributed by atoms with van der Waals surface area (Å²) in [5.41, 5.74) is 2.81. The van der Waals surface area contributed by atoms with Crippen LogP contribution in [0.4, 0.5) is 0 Å². The number of carbonyl (C=O) groups excluding carboxylic acids is 2. The summed E-state index contributed by atoms with van der Waals surface area (Å²) in [5, 5.41) is 7.38. The van der Waals surface area contributed by atoms with Gasteiger partial charge < -0.3 is 5.32 Å². The van der Waals surface area contributed by atoms with E-state index in [2.05, 4.69) is 10.6 Å². The first-order chi connectivity index (χ1) is 11.6. The predicted octanol–water partition coefficient (Wildman–Crippen LogP) is 2.85. The number of fused-ring (bicyclic) bond motifs is 1. The summed E-state index contributed by atoms with van der Waals surface area (Å²) in [6.45, 7) is 1.97. The molecule has 0 aliphatic heterocycles. The average Bonchev–Trinajstić information content (AvgIpc) is 2.55. The van der Waals surface area contributed by atoms with Crippen LogP contribution in [0.3, 0.4) is 0 Å². The van der Waals surface area contributed by atoms with Crippen LogP contribution in [0.1, 0.15) is 31.7 Å². The van der Waals surface area contributed by atoms with E-state index in [0.717, 1.165) is 22.8 Å². The van der Waals surface area contributed by atoms with Gasteiger partial charge in [0.15, 0.2) is 0 Å². The van der Waals surface area contributed by atoms with Crippen molar-refractivity contribution in [1.82, 2.24) is 10.7 Å². The molecule has 2 rings (SSSR count). The largest absolute Gasteiger partial charge is 0.353 e. The second-order valence-corrected chi connectivity index (χ2v) is 5.70. The fraction of sp³-hybridized carbons (Fsp3) is 0.333. The zero-order valence-corrected chi connectivity index (χ0v) is 13.6. The molecule has 0 radical (unpaired) electrons. The second-order valence-electron chi connectivity index (χ2n) is 5.70. The molecule has 0 saturated carbocycles. The summed E-state index contributed by atoms with van der Waals surface area (Å²) in [5.74, 6) is -0.634. The molecule has 0 heterocycles. The van der Waals surface area contributed by atoms with Gasteiger partial charge in [-0.2, -0.15) is 0 Å². The van der Waals surface area contributed by atoms with E-state index in [1.165, 1.54) is 0 Å². The molecular formula is C18H21N3O3. The minimum atomic E-state index is -0.492. The Kier molecular flexibility index (Phi) is 6.42. The first-order valence-corrected chi connectivity index (χ1v) is 8.01. The lowest BCUT2D eigenvalue weighted by Crippen LogP contribution is -2.39. The highest BCUT2D eigenvalue weighted by Crippen LogP contribution is 2.19. The van der Waals surface area contributed by atoms with Gasteiger partial charge in [-0.25, -0.2) is 5.43 Å². The van der Waals surface area contributed by atoms with Gasteiger partial charge in [0.25, 0.3) is 0 Å². The van der Waals surface area contributed by atoms with Crippen molar-refractivity contribution >= 4 is 22.6 Å². The van der Waals surface area contributed by atoms with Crippen molar-refractivity contribution in [3.8, 4) is 0 Å². The van der Waals surface area contributed by atoms with Crippen molar-refractivity contribution in [2.45, 2.75) is 38.6 Å². The second kappa shape index (κ2) is 8.76. The van der Waals surface area contributed by atoms with Crippen LogP contribution in [-0.4, -0.2) is 17.9 Å². The molecule has 1 unspecified atom stereocenters. The third-order valence-electron chi connectivity index (χ3n) is 3.84. The topological polar surface area (TPSA) is 87.6 Å². The quantitative estimate of drug-likeness (QED) is 0.577. The molecule has 0 saturated heterocycles. The number of nitrogens with zero attached hydrogens (tertiary/aromatic N) is 1. The van der Waals surface area contributed by atoms with E-state index in [4.69, 9.17) is 0 Å². The van der Waals surface area contributed by atoms with Crippen LogP contribution < -0.4 is 10.7 Å². The Hall–Kier alpha value is -2.76. The third-order valence-corrected chi connectivity index (χ3v) is 3.84. The van der Waals surface area contributed by atoms with Gasteiger partial charge in [0, 0.05) is 12.5 Å². The van der Waals surface area contributed by atoms with Crippen LogP contribution in [0.5, 0.6) is 0 Å². The molecule has 0 aromatic heterocycles. The van der Waals surface area contributed by atoms with Gasteiger partial charge >= 0.3 is 0 Å². The van der Waals surface area contributed by atoms with Gasteiger partial charge in [-0.15, -0.1) is 4.91 Å². The number of rotatable bonds is 8. The van der Waals surface area contributed by atoms with Crippen molar-refractivity contribution in [2.75, 3.05) is 0 Å². The first kappa shape index (κ1) is 17.6. The molecule has 0 aliphatic carbocycles. The molecule has 1 atom stereocenters. The van der Waals surface area contributed by atoms with E-state index in [1.807, 2.05) is 54.8 Å². The zero-order chi connectivity index (χ0) is 17.4. The molecule has 2 amide bonds. The molecule has 24 heavy (non-hydrogen) atoms. The fourth-order valence-electron chi connectivity index (χ4n) is 2.79.